The predicted octanol–water partition coefficient (Wildman–Crippen LogP) is -3.18. The molecule has 0 fully saturated rings. The summed E-state index contributed by atoms with van der Waals surface area (Å²) in [5.74, 6) is -5.00. The van der Waals surface area contributed by atoms with Crippen molar-refractivity contribution in [3.63, 3.8) is 0 Å². The summed E-state index contributed by atoms with van der Waals surface area (Å²) in [6.07, 6.45) is -2.87. The van der Waals surface area contributed by atoms with Gasteiger partial charge in [-0.25, -0.2) is 0 Å². The molecule has 0 aromatic heterocycles. The summed E-state index contributed by atoms with van der Waals surface area (Å²) in [6, 6.07) is 0. The van der Waals surface area contributed by atoms with E-state index in [2.05, 4.69) is 0 Å². The number of rotatable bonds is 1. The van der Waals surface area contributed by atoms with E-state index in [1.165, 1.54) is 0 Å². The van der Waals surface area contributed by atoms with Gasteiger partial charge in [0.05, 0.1) is 0 Å². The molecule has 0 radical (unpaired) electrons. The van der Waals surface area contributed by atoms with Crippen LogP contribution in [0.25, 0.3) is 0 Å². The number of carboxylic acid groups (broad SMARTS) is 1. The maximum atomic E-state index is 11.1. The molecule has 0 aliphatic rings. The molecule has 0 atom stereocenters. The van der Waals surface area contributed by atoms with Crippen LogP contribution in [0.2, 0.25) is 0 Å². The van der Waals surface area contributed by atoms with Gasteiger partial charge >= 0.3 is 57.5 Å². The summed E-state index contributed by atoms with van der Waals surface area (Å²) in [7, 11) is 0. The molecule has 0 aromatic rings. The molecule has 0 spiro atoms. The van der Waals surface area contributed by atoms with Crippen molar-refractivity contribution in [3.05, 3.63) is 11.9 Å². The van der Waals surface area contributed by atoms with Crippen molar-refractivity contribution in [1.82, 2.24) is 0 Å². The third-order valence-corrected chi connectivity index (χ3v) is 0.345. The third-order valence-electron chi connectivity index (χ3n) is 0.345. The molecule has 0 bridgehead atoms. The first-order chi connectivity index (χ1) is 3.55. The number of carbonyl (C=O) groups excluding carboxylic acids is 1. The average molecular weight is 164 g/mol. The number of carboxylic acids is 1. The monoisotopic (exact) mass is 164 g/mol. The van der Waals surface area contributed by atoms with Gasteiger partial charge in [0.2, 0.25) is 5.83 Å². The maximum Gasteiger partial charge on any atom is 1.00 e. The largest absolute Gasteiger partial charge is 1.00 e. The van der Waals surface area contributed by atoms with Crippen LogP contribution in [0.4, 0.5) is 13.2 Å². The van der Waals surface area contributed by atoms with Crippen LogP contribution >= 0.6 is 0 Å². The normalized spacial score (nSPS) is 7.44. The van der Waals surface area contributed by atoms with Gasteiger partial charge < -0.3 is 9.90 Å². The molecule has 9 heavy (non-hydrogen) atoms. The van der Waals surface area contributed by atoms with Crippen molar-refractivity contribution in [2.24, 2.45) is 0 Å². The van der Waals surface area contributed by atoms with Crippen molar-refractivity contribution in [1.29, 1.82) is 0 Å². The van der Waals surface area contributed by atoms with Crippen LogP contribution in [0.3, 0.4) is 0 Å². The SMILES string of the molecule is O=C([O-])C(F)=C(F)F.[K+]. The molecule has 0 saturated carbocycles. The van der Waals surface area contributed by atoms with E-state index in [1.54, 1.807) is 0 Å². The Morgan fingerprint density at radius 3 is 1.56 bits per heavy atom. The standard InChI is InChI=1S/C3HF3O2.K/c4-1(2(5)6)3(7)8;/h(H,7,8);/q;+1/p-1. The van der Waals surface area contributed by atoms with E-state index in [-0.39, 0.29) is 51.4 Å². The molecular formula is C3F3KO2. The van der Waals surface area contributed by atoms with Crippen molar-refractivity contribution in [2.75, 3.05) is 0 Å². The summed E-state index contributed by atoms with van der Waals surface area (Å²) < 4.78 is 32.6. The van der Waals surface area contributed by atoms with Crippen molar-refractivity contribution >= 4 is 5.97 Å². The van der Waals surface area contributed by atoms with Gasteiger partial charge in [-0.05, 0) is 0 Å². The van der Waals surface area contributed by atoms with Gasteiger partial charge in [0.15, 0.2) is 0 Å². The topological polar surface area (TPSA) is 40.1 Å². The van der Waals surface area contributed by atoms with Crippen LogP contribution in [0.5, 0.6) is 0 Å². The van der Waals surface area contributed by atoms with Gasteiger partial charge in [-0.3, -0.25) is 0 Å². The van der Waals surface area contributed by atoms with Gasteiger partial charge in [0.25, 0.3) is 0 Å². The van der Waals surface area contributed by atoms with Crippen LogP contribution in [-0.4, -0.2) is 5.97 Å². The van der Waals surface area contributed by atoms with Gasteiger partial charge in [-0.15, -0.1) is 0 Å². The van der Waals surface area contributed by atoms with E-state index in [1.807, 2.05) is 0 Å². The fraction of sp³-hybridized carbons (Fsp3) is 0. The van der Waals surface area contributed by atoms with Gasteiger partial charge in [-0.1, -0.05) is 0 Å². The van der Waals surface area contributed by atoms with Crippen LogP contribution in [0.1, 0.15) is 0 Å². The number of carbonyl (C=O) groups is 1. The first-order valence-corrected chi connectivity index (χ1v) is 1.48. The van der Waals surface area contributed by atoms with Crippen molar-refractivity contribution in [3.8, 4) is 0 Å². The first-order valence-electron chi connectivity index (χ1n) is 1.48. The molecule has 0 aliphatic carbocycles. The Bertz CT molecular complexity index is 140. The predicted molar refractivity (Wildman–Crippen MR) is 15.4 cm³/mol. The summed E-state index contributed by atoms with van der Waals surface area (Å²) in [6.45, 7) is 0. The molecule has 46 valence electrons. The zero-order valence-electron chi connectivity index (χ0n) is 4.45. The van der Waals surface area contributed by atoms with E-state index in [4.69, 9.17) is 9.90 Å². The summed E-state index contributed by atoms with van der Waals surface area (Å²) in [5, 5.41) is 9.12. The third kappa shape index (κ3) is 5.10. The van der Waals surface area contributed by atoms with Gasteiger partial charge in [0.1, 0.15) is 5.97 Å². The number of hydrogen-bond donors (Lipinski definition) is 0. The van der Waals surface area contributed by atoms with E-state index < -0.39 is 17.9 Å². The number of hydrogen-bond acceptors (Lipinski definition) is 2. The quantitative estimate of drug-likeness (QED) is 0.303. The Labute approximate surface area is 91.2 Å². The molecule has 6 heteroatoms. The Morgan fingerprint density at radius 1 is 1.22 bits per heavy atom. The zero-order chi connectivity index (χ0) is 6.73. The summed E-state index contributed by atoms with van der Waals surface area (Å²) >= 11 is 0. The smallest absolute Gasteiger partial charge is 0.542 e. The van der Waals surface area contributed by atoms with Crippen molar-refractivity contribution < 1.29 is 74.5 Å². The molecule has 0 aliphatic heterocycles. The molecule has 0 N–H and O–H groups in total. The average Bonchev–Trinajstić information content (AvgIpc) is 1.64. The molecule has 0 amide bonds. The maximum absolute atomic E-state index is 11.1. The minimum absolute atomic E-state index is 0. The van der Waals surface area contributed by atoms with E-state index in [0.717, 1.165) is 0 Å². The molecule has 2 nitrogen and oxygen atoms in total. The molecular weight excluding hydrogens is 164 g/mol. The van der Waals surface area contributed by atoms with E-state index in [0.29, 0.717) is 0 Å². The molecule has 0 unspecified atom stereocenters. The Morgan fingerprint density at radius 2 is 1.56 bits per heavy atom. The summed E-state index contributed by atoms with van der Waals surface area (Å²) in [5.41, 5.74) is 0. The second-order valence-electron chi connectivity index (χ2n) is 0.862. The number of halogens is 3. The minimum Gasteiger partial charge on any atom is -0.542 e. The minimum atomic E-state index is -2.87. The van der Waals surface area contributed by atoms with Crippen LogP contribution < -0.4 is 56.5 Å². The van der Waals surface area contributed by atoms with Crippen molar-refractivity contribution in [2.45, 2.75) is 0 Å². The Hall–Kier alpha value is 0.636. The second-order valence-corrected chi connectivity index (χ2v) is 0.862. The van der Waals surface area contributed by atoms with Crippen LogP contribution in [0, 0.1) is 0 Å². The fourth-order valence-corrected chi connectivity index (χ4v) is 0.0772. The Kier molecular flexibility index (Phi) is 7.43. The second kappa shape index (κ2) is 5.42. The molecule has 0 rings (SSSR count). The van der Waals surface area contributed by atoms with Gasteiger partial charge in [-0.2, -0.15) is 13.2 Å². The van der Waals surface area contributed by atoms with E-state index >= 15 is 0 Å². The molecule has 0 saturated heterocycles. The number of aliphatic carboxylic acids is 1. The zero-order valence-corrected chi connectivity index (χ0v) is 7.57. The molecule has 0 heterocycles. The molecule has 0 aromatic carbocycles. The first kappa shape index (κ1) is 12.3. The van der Waals surface area contributed by atoms with E-state index in [9.17, 15) is 13.2 Å². The summed E-state index contributed by atoms with van der Waals surface area (Å²) in [4.78, 5) is 9.12. The fourth-order valence-electron chi connectivity index (χ4n) is 0.0772. The van der Waals surface area contributed by atoms with Crippen LogP contribution in [0.15, 0.2) is 11.9 Å². The van der Waals surface area contributed by atoms with Gasteiger partial charge in [0, 0.05) is 0 Å². The Balaban J connectivity index is 0. The van der Waals surface area contributed by atoms with Crippen LogP contribution in [-0.2, 0) is 4.79 Å².